The van der Waals surface area contributed by atoms with Crippen LogP contribution in [-0.4, -0.2) is 16.3 Å². The van der Waals surface area contributed by atoms with Crippen molar-refractivity contribution in [1.29, 1.82) is 0 Å². The molecule has 0 saturated carbocycles. The van der Waals surface area contributed by atoms with Crippen molar-refractivity contribution in [2.75, 3.05) is 6.61 Å². The van der Waals surface area contributed by atoms with Crippen LogP contribution in [0, 0.1) is 0 Å². The number of aliphatic hydroxyl groups excluding tert-OH is 1. The molecule has 2 rings (SSSR count). The van der Waals surface area contributed by atoms with Gasteiger partial charge in [0, 0.05) is 18.8 Å². The third-order valence-electron chi connectivity index (χ3n) is 2.53. The lowest BCUT2D eigenvalue weighted by molar-refractivity contribution is 0.268. The molecule has 0 aliphatic carbocycles. The summed E-state index contributed by atoms with van der Waals surface area (Å²) in [6.45, 7) is -0.0155. The lowest BCUT2D eigenvalue weighted by Crippen LogP contribution is -2.14. The Labute approximate surface area is 82.8 Å². The minimum absolute atomic E-state index is 0.0155. The summed E-state index contributed by atoms with van der Waals surface area (Å²) < 4.78 is 2.06. The van der Waals surface area contributed by atoms with E-state index in [1.54, 1.807) is 0 Å². The first-order chi connectivity index (χ1) is 6.72. The fourth-order valence-electron chi connectivity index (χ4n) is 1.64. The summed E-state index contributed by atoms with van der Waals surface area (Å²) in [6, 6.07) is 7.78. The summed E-state index contributed by atoms with van der Waals surface area (Å²) in [6.07, 6.45) is 2.01. The number of nitrogens with zero attached hydrogens (tertiary/aromatic N) is 1. The zero-order chi connectivity index (χ0) is 10.1. The first-order valence-corrected chi connectivity index (χ1v) is 4.64. The molecule has 14 heavy (non-hydrogen) atoms. The molecule has 74 valence electrons. The average molecular weight is 190 g/mol. The standard InChI is InChI=1S/C11H14N2O/c1-13-5-4-9-6-8(10(12)7-14)2-3-11(9)13/h2-6,10,14H,7,12H2,1H3. The van der Waals surface area contributed by atoms with E-state index in [4.69, 9.17) is 10.8 Å². The van der Waals surface area contributed by atoms with Gasteiger partial charge >= 0.3 is 0 Å². The first-order valence-electron chi connectivity index (χ1n) is 4.64. The molecule has 3 heteroatoms. The molecular formula is C11H14N2O. The molecule has 0 amide bonds. The van der Waals surface area contributed by atoms with Crippen LogP contribution < -0.4 is 5.73 Å². The molecule has 1 atom stereocenters. The molecule has 1 aromatic heterocycles. The van der Waals surface area contributed by atoms with Gasteiger partial charge in [-0.15, -0.1) is 0 Å². The summed E-state index contributed by atoms with van der Waals surface area (Å²) in [5.74, 6) is 0. The van der Waals surface area contributed by atoms with Crippen LogP contribution in [0.15, 0.2) is 30.5 Å². The number of rotatable bonds is 2. The van der Waals surface area contributed by atoms with Crippen molar-refractivity contribution in [3.05, 3.63) is 36.0 Å². The highest BCUT2D eigenvalue weighted by Crippen LogP contribution is 2.19. The fourth-order valence-corrected chi connectivity index (χ4v) is 1.64. The summed E-state index contributed by atoms with van der Waals surface area (Å²) >= 11 is 0. The number of benzene rings is 1. The molecule has 0 spiro atoms. The van der Waals surface area contributed by atoms with Crippen molar-refractivity contribution < 1.29 is 5.11 Å². The van der Waals surface area contributed by atoms with Gasteiger partial charge in [0.1, 0.15) is 0 Å². The van der Waals surface area contributed by atoms with Crippen molar-refractivity contribution in [2.45, 2.75) is 6.04 Å². The van der Waals surface area contributed by atoms with Crippen LogP contribution in [0.25, 0.3) is 10.9 Å². The van der Waals surface area contributed by atoms with Crippen LogP contribution in [0.3, 0.4) is 0 Å². The lowest BCUT2D eigenvalue weighted by atomic mass is 10.1. The van der Waals surface area contributed by atoms with Gasteiger partial charge in [0.25, 0.3) is 0 Å². The number of nitrogens with two attached hydrogens (primary N) is 1. The molecule has 1 heterocycles. The van der Waals surface area contributed by atoms with E-state index < -0.39 is 0 Å². The third-order valence-corrected chi connectivity index (χ3v) is 2.53. The van der Waals surface area contributed by atoms with Gasteiger partial charge in [0.15, 0.2) is 0 Å². The van der Waals surface area contributed by atoms with Crippen LogP contribution in [0.4, 0.5) is 0 Å². The Morgan fingerprint density at radius 1 is 1.43 bits per heavy atom. The third kappa shape index (κ3) is 1.41. The first kappa shape index (κ1) is 9.24. The molecule has 1 aromatic carbocycles. The van der Waals surface area contributed by atoms with Crippen LogP contribution >= 0.6 is 0 Å². The average Bonchev–Trinajstić information content (AvgIpc) is 2.59. The highest BCUT2D eigenvalue weighted by atomic mass is 16.3. The number of aromatic nitrogens is 1. The Morgan fingerprint density at radius 3 is 2.93 bits per heavy atom. The van der Waals surface area contributed by atoms with Crippen molar-refractivity contribution in [1.82, 2.24) is 4.57 Å². The van der Waals surface area contributed by atoms with Gasteiger partial charge in [-0.25, -0.2) is 0 Å². The Hall–Kier alpha value is -1.32. The normalized spacial score (nSPS) is 13.4. The number of aryl methyl sites for hydroxylation is 1. The molecule has 3 N–H and O–H groups in total. The van der Waals surface area contributed by atoms with Crippen LogP contribution in [0.2, 0.25) is 0 Å². The molecular weight excluding hydrogens is 176 g/mol. The van der Waals surface area contributed by atoms with Crippen molar-refractivity contribution >= 4 is 10.9 Å². The Kier molecular flexibility index (Phi) is 2.27. The molecule has 0 radical (unpaired) electrons. The monoisotopic (exact) mass is 190 g/mol. The molecule has 3 nitrogen and oxygen atoms in total. The summed E-state index contributed by atoms with van der Waals surface area (Å²) in [4.78, 5) is 0. The van der Waals surface area contributed by atoms with Crippen LogP contribution in [0.1, 0.15) is 11.6 Å². The second-order valence-electron chi connectivity index (χ2n) is 3.53. The maximum Gasteiger partial charge on any atom is 0.0624 e. The minimum atomic E-state index is -0.278. The topological polar surface area (TPSA) is 51.2 Å². The second-order valence-corrected chi connectivity index (χ2v) is 3.53. The maximum absolute atomic E-state index is 8.94. The smallest absolute Gasteiger partial charge is 0.0624 e. The molecule has 2 aromatic rings. The van der Waals surface area contributed by atoms with Crippen LogP contribution in [0.5, 0.6) is 0 Å². The van der Waals surface area contributed by atoms with E-state index in [-0.39, 0.29) is 12.6 Å². The van der Waals surface area contributed by atoms with Crippen molar-refractivity contribution in [2.24, 2.45) is 12.8 Å². The van der Waals surface area contributed by atoms with Gasteiger partial charge in [-0.1, -0.05) is 6.07 Å². The van der Waals surface area contributed by atoms with Crippen LogP contribution in [-0.2, 0) is 7.05 Å². The molecule has 0 saturated heterocycles. The van der Waals surface area contributed by atoms with Gasteiger partial charge in [-0.3, -0.25) is 0 Å². The molecule has 0 aliphatic rings. The van der Waals surface area contributed by atoms with Crippen molar-refractivity contribution in [3.8, 4) is 0 Å². The maximum atomic E-state index is 8.94. The SMILES string of the molecule is Cn1ccc2cc(C(N)CO)ccc21. The highest BCUT2D eigenvalue weighted by Gasteiger charge is 2.05. The quantitative estimate of drug-likeness (QED) is 0.747. The van der Waals surface area contributed by atoms with Gasteiger partial charge < -0.3 is 15.4 Å². The largest absolute Gasteiger partial charge is 0.394 e. The van der Waals surface area contributed by atoms with Gasteiger partial charge in [-0.2, -0.15) is 0 Å². The van der Waals surface area contributed by atoms with E-state index in [1.165, 1.54) is 5.52 Å². The Morgan fingerprint density at radius 2 is 2.21 bits per heavy atom. The van der Waals surface area contributed by atoms with Gasteiger partial charge in [-0.05, 0) is 29.1 Å². The number of aliphatic hydroxyl groups is 1. The minimum Gasteiger partial charge on any atom is -0.394 e. The van der Waals surface area contributed by atoms with Crippen molar-refractivity contribution in [3.63, 3.8) is 0 Å². The van der Waals surface area contributed by atoms with E-state index in [2.05, 4.69) is 4.57 Å². The van der Waals surface area contributed by atoms with E-state index in [9.17, 15) is 0 Å². The number of hydrogen-bond acceptors (Lipinski definition) is 2. The summed E-state index contributed by atoms with van der Waals surface area (Å²) in [5.41, 5.74) is 7.89. The lowest BCUT2D eigenvalue weighted by Gasteiger charge is -2.08. The predicted octanol–water partition coefficient (Wildman–Crippen LogP) is 1.17. The van der Waals surface area contributed by atoms with E-state index in [0.717, 1.165) is 10.9 Å². The zero-order valence-electron chi connectivity index (χ0n) is 8.14. The number of hydrogen-bond donors (Lipinski definition) is 2. The Balaban J connectivity index is 2.52. The number of fused-ring (bicyclic) bond motifs is 1. The molecule has 0 aliphatic heterocycles. The summed E-state index contributed by atoms with van der Waals surface area (Å²) in [7, 11) is 2.01. The second kappa shape index (κ2) is 3.44. The molecule has 0 fully saturated rings. The van der Waals surface area contributed by atoms with E-state index in [0.29, 0.717) is 0 Å². The van der Waals surface area contributed by atoms with Gasteiger partial charge in [0.05, 0.1) is 12.6 Å². The Bertz CT molecular complexity index is 447. The fraction of sp³-hybridized carbons (Fsp3) is 0.273. The highest BCUT2D eigenvalue weighted by molar-refractivity contribution is 5.80. The molecule has 0 bridgehead atoms. The van der Waals surface area contributed by atoms with Gasteiger partial charge in [0.2, 0.25) is 0 Å². The summed E-state index contributed by atoms with van der Waals surface area (Å²) in [5, 5.41) is 10.1. The van der Waals surface area contributed by atoms with E-state index in [1.807, 2.05) is 37.5 Å². The predicted molar refractivity (Wildman–Crippen MR) is 56.9 cm³/mol. The van der Waals surface area contributed by atoms with E-state index >= 15 is 0 Å². The molecule has 1 unspecified atom stereocenters. The zero-order valence-corrected chi connectivity index (χ0v) is 8.14.